The molecule has 0 spiro atoms. The van der Waals surface area contributed by atoms with E-state index >= 15 is 0 Å². The molecule has 0 aliphatic heterocycles. The van der Waals surface area contributed by atoms with E-state index in [0.717, 1.165) is 33.6 Å². The summed E-state index contributed by atoms with van der Waals surface area (Å²) in [6.45, 7) is 0. The molecule has 0 saturated carbocycles. The maximum Gasteiger partial charge on any atom is 0.277 e. The van der Waals surface area contributed by atoms with Crippen molar-refractivity contribution >= 4 is 22.8 Å². The summed E-state index contributed by atoms with van der Waals surface area (Å²) in [5.41, 5.74) is 4.41. The molecule has 0 atom stereocenters. The Balaban J connectivity index is 1.40. The SMILES string of the molecule is COc1ccc(-n2cnc3ccc(-c4nnc(SCc5cccc(F)c5)o4)cc32)cc1. The van der Waals surface area contributed by atoms with Crippen LogP contribution in [0.1, 0.15) is 5.56 Å². The summed E-state index contributed by atoms with van der Waals surface area (Å²) >= 11 is 1.37. The summed E-state index contributed by atoms with van der Waals surface area (Å²) in [6.07, 6.45) is 1.78. The minimum Gasteiger partial charge on any atom is -0.497 e. The number of methoxy groups -OCH3 is 1. The zero-order chi connectivity index (χ0) is 21.2. The Hall–Kier alpha value is -3.65. The molecule has 0 fully saturated rings. The standard InChI is InChI=1S/C23H17FN4O2S/c1-29-19-8-6-18(7-9-19)28-14-25-20-10-5-16(12-21(20)28)22-26-27-23(30-22)31-13-15-3-2-4-17(24)11-15/h2-12,14H,13H2,1H3. The average Bonchev–Trinajstić information content (AvgIpc) is 3.45. The van der Waals surface area contributed by atoms with Crippen LogP contribution in [0.4, 0.5) is 4.39 Å². The lowest BCUT2D eigenvalue weighted by atomic mass is 10.2. The number of fused-ring (bicyclic) bond motifs is 1. The summed E-state index contributed by atoms with van der Waals surface area (Å²) in [7, 11) is 1.64. The minimum atomic E-state index is -0.258. The van der Waals surface area contributed by atoms with Gasteiger partial charge in [0.05, 0.1) is 18.1 Å². The molecule has 0 amide bonds. The van der Waals surface area contributed by atoms with E-state index in [1.807, 2.05) is 53.1 Å². The van der Waals surface area contributed by atoms with Gasteiger partial charge in [0.15, 0.2) is 0 Å². The molecule has 0 aliphatic rings. The van der Waals surface area contributed by atoms with Crippen LogP contribution in [-0.4, -0.2) is 26.9 Å². The van der Waals surface area contributed by atoms with Crippen molar-refractivity contribution in [2.75, 3.05) is 7.11 Å². The van der Waals surface area contributed by atoms with Crippen molar-refractivity contribution < 1.29 is 13.5 Å². The average molecular weight is 432 g/mol. The number of hydrogen-bond acceptors (Lipinski definition) is 6. The predicted molar refractivity (Wildman–Crippen MR) is 117 cm³/mol. The first-order valence-corrected chi connectivity index (χ1v) is 10.5. The number of hydrogen-bond donors (Lipinski definition) is 0. The molecule has 5 rings (SSSR count). The van der Waals surface area contributed by atoms with Crippen molar-refractivity contribution in [3.05, 3.63) is 84.4 Å². The Morgan fingerprint density at radius 3 is 2.71 bits per heavy atom. The number of aromatic nitrogens is 4. The summed E-state index contributed by atoms with van der Waals surface area (Å²) in [6, 6.07) is 20.0. The Morgan fingerprint density at radius 2 is 1.90 bits per heavy atom. The fourth-order valence-corrected chi connectivity index (χ4v) is 3.95. The molecule has 0 N–H and O–H groups in total. The molecule has 3 aromatic carbocycles. The number of halogens is 1. The van der Waals surface area contributed by atoms with E-state index < -0.39 is 0 Å². The van der Waals surface area contributed by atoms with Gasteiger partial charge in [0.1, 0.15) is 17.9 Å². The van der Waals surface area contributed by atoms with Crippen molar-refractivity contribution in [1.29, 1.82) is 0 Å². The van der Waals surface area contributed by atoms with Gasteiger partial charge in [0, 0.05) is 17.0 Å². The molecule has 0 saturated heterocycles. The van der Waals surface area contributed by atoms with E-state index in [2.05, 4.69) is 15.2 Å². The van der Waals surface area contributed by atoms with E-state index in [1.165, 1.54) is 23.9 Å². The second-order valence-corrected chi connectivity index (χ2v) is 7.73. The number of benzene rings is 3. The van der Waals surface area contributed by atoms with Crippen LogP contribution >= 0.6 is 11.8 Å². The van der Waals surface area contributed by atoms with Crippen molar-refractivity contribution in [2.24, 2.45) is 0 Å². The smallest absolute Gasteiger partial charge is 0.277 e. The van der Waals surface area contributed by atoms with E-state index in [0.29, 0.717) is 16.9 Å². The van der Waals surface area contributed by atoms with Gasteiger partial charge in [0.2, 0.25) is 5.89 Å². The van der Waals surface area contributed by atoms with Crippen LogP contribution in [0.25, 0.3) is 28.2 Å². The molecule has 154 valence electrons. The normalized spacial score (nSPS) is 11.2. The summed E-state index contributed by atoms with van der Waals surface area (Å²) in [5, 5.41) is 8.72. The van der Waals surface area contributed by atoms with Crippen LogP contribution in [-0.2, 0) is 5.75 Å². The molecule has 5 aromatic rings. The van der Waals surface area contributed by atoms with E-state index in [-0.39, 0.29) is 5.82 Å². The predicted octanol–water partition coefficient (Wildman–Crippen LogP) is 5.52. The molecular weight excluding hydrogens is 415 g/mol. The summed E-state index contributed by atoms with van der Waals surface area (Å²) in [4.78, 5) is 4.48. The van der Waals surface area contributed by atoms with Gasteiger partial charge in [-0.3, -0.25) is 4.57 Å². The lowest BCUT2D eigenvalue weighted by Crippen LogP contribution is -1.92. The van der Waals surface area contributed by atoms with E-state index in [4.69, 9.17) is 9.15 Å². The third-order valence-electron chi connectivity index (χ3n) is 4.80. The van der Waals surface area contributed by atoms with Crippen molar-refractivity contribution in [3.8, 4) is 22.9 Å². The fourth-order valence-electron chi connectivity index (χ4n) is 3.25. The highest BCUT2D eigenvalue weighted by Gasteiger charge is 2.13. The molecule has 2 aromatic heterocycles. The molecule has 0 unspecified atom stereocenters. The first-order chi connectivity index (χ1) is 15.2. The van der Waals surface area contributed by atoms with Gasteiger partial charge in [-0.05, 0) is 60.2 Å². The van der Waals surface area contributed by atoms with Crippen molar-refractivity contribution in [3.63, 3.8) is 0 Å². The highest BCUT2D eigenvalue weighted by Crippen LogP contribution is 2.29. The van der Waals surface area contributed by atoms with Gasteiger partial charge >= 0.3 is 0 Å². The quantitative estimate of drug-likeness (QED) is 0.329. The second-order valence-electron chi connectivity index (χ2n) is 6.81. The van der Waals surface area contributed by atoms with Crippen LogP contribution in [0.2, 0.25) is 0 Å². The topological polar surface area (TPSA) is 66.0 Å². The van der Waals surface area contributed by atoms with Crippen LogP contribution in [0.5, 0.6) is 5.75 Å². The third kappa shape index (κ3) is 4.02. The Morgan fingerprint density at radius 1 is 1.03 bits per heavy atom. The van der Waals surface area contributed by atoms with Gasteiger partial charge in [-0.15, -0.1) is 10.2 Å². The van der Waals surface area contributed by atoms with Crippen LogP contribution in [0.15, 0.2) is 82.7 Å². The number of imidazole rings is 1. The van der Waals surface area contributed by atoms with Gasteiger partial charge in [0.25, 0.3) is 5.22 Å². The number of rotatable bonds is 6. The van der Waals surface area contributed by atoms with E-state index in [9.17, 15) is 4.39 Å². The van der Waals surface area contributed by atoms with Gasteiger partial charge < -0.3 is 9.15 Å². The van der Waals surface area contributed by atoms with Crippen LogP contribution in [0, 0.1) is 5.82 Å². The fraction of sp³-hybridized carbons (Fsp3) is 0.0870. The lowest BCUT2D eigenvalue weighted by molar-refractivity contribution is 0.415. The van der Waals surface area contributed by atoms with Gasteiger partial charge in [-0.1, -0.05) is 23.9 Å². The molecule has 31 heavy (non-hydrogen) atoms. The third-order valence-corrected chi connectivity index (χ3v) is 5.69. The lowest BCUT2D eigenvalue weighted by Gasteiger charge is -2.06. The summed E-state index contributed by atoms with van der Waals surface area (Å²) < 4.78 is 26.4. The first-order valence-electron chi connectivity index (χ1n) is 9.52. The Kier molecular flexibility index (Phi) is 5.13. The molecule has 6 nitrogen and oxygen atoms in total. The Labute approximate surface area is 181 Å². The summed E-state index contributed by atoms with van der Waals surface area (Å²) in [5.74, 6) is 1.50. The maximum atomic E-state index is 13.3. The maximum absolute atomic E-state index is 13.3. The molecule has 0 aliphatic carbocycles. The molecule has 8 heteroatoms. The first kappa shape index (κ1) is 19.3. The van der Waals surface area contributed by atoms with Crippen LogP contribution in [0.3, 0.4) is 0 Å². The highest BCUT2D eigenvalue weighted by atomic mass is 32.2. The molecular formula is C23H17FN4O2S. The van der Waals surface area contributed by atoms with E-state index in [1.54, 1.807) is 19.5 Å². The van der Waals surface area contributed by atoms with Gasteiger partial charge in [-0.25, -0.2) is 9.37 Å². The van der Waals surface area contributed by atoms with Gasteiger partial charge in [-0.2, -0.15) is 0 Å². The highest BCUT2D eigenvalue weighted by molar-refractivity contribution is 7.98. The van der Waals surface area contributed by atoms with Crippen LogP contribution < -0.4 is 4.74 Å². The number of nitrogens with zero attached hydrogens (tertiary/aromatic N) is 4. The zero-order valence-electron chi connectivity index (χ0n) is 16.5. The van der Waals surface area contributed by atoms with Crippen molar-refractivity contribution in [2.45, 2.75) is 11.0 Å². The Bertz CT molecular complexity index is 1350. The second kappa shape index (κ2) is 8.23. The minimum absolute atomic E-state index is 0.258. The molecule has 0 bridgehead atoms. The molecule has 2 heterocycles. The number of thioether (sulfide) groups is 1. The zero-order valence-corrected chi connectivity index (χ0v) is 17.3. The number of ether oxygens (including phenoxy) is 1. The monoisotopic (exact) mass is 432 g/mol. The molecule has 0 radical (unpaired) electrons. The van der Waals surface area contributed by atoms with Crippen molar-refractivity contribution in [1.82, 2.24) is 19.7 Å². The largest absolute Gasteiger partial charge is 0.497 e.